The Labute approximate surface area is 132 Å². The molecule has 128 valence electrons. The van der Waals surface area contributed by atoms with Gasteiger partial charge in [0.05, 0.1) is 26.6 Å². The van der Waals surface area contributed by atoms with Crippen molar-refractivity contribution in [3.63, 3.8) is 0 Å². The monoisotopic (exact) mass is 348 g/mol. The van der Waals surface area contributed by atoms with E-state index in [9.17, 15) is 22.8 Å². The summed E-state index contributed by atoms with van der Waals surface area (Å²) in [7, 11) is -0.280. The molecule has 2 aliphatic heterocycles. The maximum atomic E-state index is 12.4. The van der Waals surface area contributed by atoms with E-state index in [1.165, 1.54) is 7.11 Å². The summed E-state index contributed by atoms with van der Waals surface area (Å²) in [5.74, 6) is -2.06. The van der Waals surface area contributed by atoms with Gasteiger partial charge in [-0.2, -0.15) is 0 Å². The minimum Gasteiger partial charge on any atom is -0.464 e. The second-order valence-corrected chi connectivity index (χ2v) is 6.99. The van der Waals surface area contributed by atoms with E-state index in [0.29, 0.717) is 0 Å². The van der Waals surface area contributed by atoms with E-state index in [-0.39, 0.29) is 17.9 Å². The molecule has 2 atom stereocenters. The topological polar surface area (TPSA) is 128 Å². The number of fused-ring (bicyclic) bond motifs is 1. The van der Waals surface area contributed by atoms with E-state index in [2.05, 4.69) is 14.8 Å². The number of nitrogens with one attached hydrogen (secondary N) is 1. The minimum atomic E-state index is -3.82. The van der Waals surface area contributed by atoms with E-state index >= 15 is 0 Å². The van der Waals surface area contributed by atoms with Crippen LogP contribution in [-0.4, -0.2) is 76.4 Å². The number of carbonyl (C=O) groups excluding carboxylic acids is 3. The highest BCUT2D eigenvalue weighted by Crippen LogP contribution is 2.37. The average molecular weight is 348 g/mol. The number of rotatable bonds is 4. The van der Waals surface area contributed by atoms with E-state index in [1.54, 1.807) is 0 Å². The Kier molecular flexibility index (Phi) is 4.61. The number of alkyl carbamates (subject to hydrolysis) is 1. The molecule has 23 heavy (non-hydrogen) atoms. The molecule has 11 heteroatoms. The first-order valence-corrected chi connectivity index (χ1v) is 8.18. The normalized spacial score (nSPS) is 25.3. The number of carbonyl (C=O) groups is 3. The zero-order valence-corrected chi connectivity index (χ0v) is 13.5. The molecule has 1 unspecified atom stereocenters. The van der Waals surface area contributed by atoms with Gasteiger partial charge in [-0.15, -0.1) is 0 Å². The third-order valence-electron chi connectivity index (χ3n) is 3.52. The summed E-state index contributed by atoms with van der Waals surface area (Å²) in [6.45, 7) is -0.144. The molecule has 2 amide bonds. The van der Waals surface area contributed by atoms with Crippen molar-refractivity contribution >= 4 is 27.8 Å². The van der Waals surface area contributed by atoms with Gasteiger partial charge in [-0.3, -0.25) is 9.69 Å². The zero-order chi connectivity index (χ0) is 17.4. The number of nitrogens with zero attached hydrogens (tertiary/aromatic N) is 1. The van der Waals surface area contributed by atoms with Crippen LogP contribution in [0.2, 0.25) is 0 Å². The van der Waals surface area contributed by atoms with E-state index in [0.717, 1.165) is 19.1 Å². The quantitative estimate of drug-likeness (QED) is 0.474. The van der Waals surface area contributed by atoms with Crippen LogP contribution in [0.1, 0.15) is 0 Å². The Bertz CT molecular complexity index is 683. The maximum absolute atomic E-state index is 12.4. The van der Waals surface area contributed by atoms with Crippen molar-refractivity contribution in [3.8, 4) is 0 Å². The Morgan fingerprint density at radius 3 is 2.43 bits per heavy atom. The van der Waals surface area contributed by atoms with Gasteiger partial charge in [0.25, 0.3) is 5.91 Å². The van der Waals surface area contributed by atoms with E-state index < -0.39 is 45.0 Å². The first-order valence-electron chi connectivity index (χ1n) is 6.46. The fourth-order valence-corrected chi connectivity index (χ4v) is 4.59. The molecule has 2 heterocycles. The van der Waals surface area contributed by atoms with Crippen LogP contribution in [0.25, 0.3) is 0 Å². The number of β-lactam (4-membered cyclic amide) rings is 1. The minimum absolute atomic E-state index is 0.125. The van der Waals surface area contributed by atoms with Gasteiger partial charge >= 0.3 is 12.1 Å². The first-order chi connectivity index (χ1) is 10.8. The molecule has 1 saturated heterocycles. The number of methoxy groups -OCH3 is 3. The second-order valence-electron chi connectivity index (χ2n) is 4.90. The summed E-state index contributed by atoms with van der Waals surface area (Å²) < 4.78 is 38.6. The lowest BCUT2D eigenvalue weighted by Gasteiger charge is -2.48. The summed E-state index contributed by atoms with van der Waals surface area (Å²) >= 11 is 0. The predicted molar refractivity (Wildman–Crippen MR) is 74.7 cm³/mol. The molecule has 0 aromatic rings. The number of sulfone groups is 1. The summed E-state index contributed by atoms with van der Waals surface area (Å²) in [5.41, 5.74) is -0.0393. The van der Waals surface area contributed by atoms with Gasteiger partial charge in [0, 0.05) is 12.7 Å². The smallest absolute Gasteiger partial charge is 0.407 e. The maximum Gasteiger partial charge on any atom is 0.407 e. The average Bonchev–Trinajstić information content (AvgIpc) is 2.50. The number of amides is 2. The highest BCUT2D eigenvalue weighted by molar-refractivity contribution is 7.92. The highest BCUT2D eigenvalue weighted by Gasteiger charge is 2.60. The van der Waals surface area contributed by atoms with Crippen LogP contribution in [0.5, 0.6) is 0 Å². The van der Waals surface area contributed by atoms with E-state index in [4.69, 9.17) is 4.74 Å². The molecule has 2 aliphatic rings. The van der Waals surface area contributed by atoms with Crippen LogP contribution < -0.4 is 5.32 Å². The molecule has 0 aromatic heterocycles. The van der Waals surface area contributed by atoms with Crippen molar-refractivity contribution in [1.82, 2.24) is 10.2 Å². The van der Waals surface area contributed by atoms with Crippen LogP contribution in [0.4, 0.5) is 4.79 Å². The fraction of sp³-hybridized carbons (Fsp3) is 0.583. The van der Waals surface area contributed by atoms with Gasteiger partial charge in [-0.1, -0.05) is 0 Å². The van der Waals surface area contributed by atoms with Gasteiger partial charge < -0.3 is 19.5 Å². The zero-order valence-electron chi connectivity index (χ0n) is 12.7. The summed E-state index contributed by atoms with van der Waals surface area (Å²) in [4.78, 5) is 36.3. The van der Waals surface area contributed by atoms with Gasteiger partial charge in [0.2, 0.25) is 0 Å². The summed E-state index contributed by atoms with van der Waals surface area (Å²) in [6.07, 6.45) is -0.940. The van der Waals surface area contributed by atoms with Crippen molar-refractivity contribution in [2.75, 3.05) is 33.7 Å². The van der Waals surface area contributed by atoms with Crippen LogP contribution in [-0.2, 0) is 33.6 Å². The third-order valence-corrected chi connectivity index (χ3v) is 5.49. The Hall–Kier alpha value is -2.14. The standard InChI is InChI=1S/C12H16N2O8S/c1-20-4-6-5-23(18,19)10-7(13-12(17)22-3)9(15)14(10)8(6)11(16)21-2/h7,10H,4-5H2,1-3H3,(H,13,17)/t7?,10-/m1/s1. The second kappa shape index (κ2) is 6.16. The van der Waals surface area contributed by atoms with Gasteiger partial charge in [0.15, 0.2) is 15.2 Å². The molecule has 1 N–H and O–H groups in total. The van der Waals surface area contributed by atoms with Crippen LogP contribution in [0, 0.1) is 0 Å². The van der Waals surface area contributed by atoms with Gasteiger partial charge in [-0.05, 0) is 0 Å². The largest absolute Gasteiger partial charge is 0.464 e. The lowest BCUT2D eigenvalue weighted by atomic mass is 10.0. The lowest BCUT2D eigenvalue weighted by molar-refractivity contribution is -0.150. The predicted octanol–water partition coefficient (Wildman–Crippen LogP) is -1.62. The first kappa shape index (κ1) is 17.2. The van der Waals surface area contributed by atoms with Crippen LogP contribution in [0.15, 0.2) is 11.3 Å². The number of hydrogen-bond acceptors (Lipinski definition) is 8. The molecule has 0 aromatic carbocycles. The molecule has 0 radical (unpaired) electrons. The molecule has 0 bridgehead atoms. The molecular formula is C12H16N2O8S. The highest BCUT2D eigenvalue weighted by atomic mass is 32.2. The summed E-state index contributed by atoms with van der Waals surface area (Å²) in [6, 6.07) is -1.31. The van der Waals surface area contributed by atoms with Gasteiger partial charge in [-0.25, -0.2) is 18.0 Å². The van der Waals surface area contributed by atoms with E-state index in [1.807, 2.05) is 0 Å². The van der Waals surface area contributed by atoms with Crippen molar-refractivity contribution in [2.24, 2.45) is 0 Å². The van der Waals surface area contributed by atoms with Crippen molar-refractivity contribution < 1.29 is 37.0 Å². The molecule has 1 fully saturated rings. The molecule has 0 spiro atoms. The number of ether oxygens (including phenoxy) is 3. The molecule has 2 rings (SSSR count). The van der Waals surface area contributed by atoms with Crippen LogP contribution >= 0.6 is 0 Å². The Morgan fingerprint density at radius 2 is 1.91 bits per heavy atom. The van der Waals surface area contributed by atoms with Crippen molar-refractivity contribution in [2.45, 2.75) is 11.4 Å². The number of esters is 1. The molecule has 10 nitrogen and oxygen atoms in total. The third kappa shape index (κ3) is 2.77. The van der Waals surface area contributed by atoms with Gasteiger partial charge in [0.1, 0.15) is 11.7 Å². The Balaban J connectivity index is 2.45. The summed E-state index contributed by atoms with van der Waals surface area (Å²) in [5, 5.41) is 0.786. The number of hydrogen-bond donors (Lipinski definition) is 1. The lowest BCUT2D eigenvalue weighted by Crippen LogP contribution is -2.74. The van der Waals surface area contributed by atoms with Crippen LogP contribution in [0.3, 0.4) is 0 Å². The Morgan fingerprint density at radius 1 is 1.26 bits per heavy atom. The molecule has 0 saturated carbocycles. The SMILES string of the molecule is COCC1=C(C(=O)OC)N2C(=O)C(NC(=O)OC)[C@H]2S(=O)(=O)C1. The molecule has 0 aliphatic carbocycles. The fourth-order valence-electron chi connectivity index (χ4n) is 2.58. The molecular weight excluding hydrogens is 332 g/mol. The van der Waals surface area contributed by atoms with Crippen molar-refractivity contribution in [3.05, 3.63) is 11.3 Å². The van der Waals surface area contributed by atoms with Crippen molar-refractivity contribution in [1.29, 1.82) is 0 Å².